The minimum absolute atomic E-state index is 0.230. The topological polar surface area (TPSA) is 88.3 Å². The zero-order valence-electron chi connectivity index (χ0n) is 16.0. The highest BCUT2D eigenvalue weighted by atomic mass is 16.6. The number of aliphatic hydroxyl groups excluding tert-OH is 1. The van der Waals surface area contributed by atoms with Gasteiger partial charge in [0.25, 0.3) is 0 Å². The highest BCUT2D eigenvalue weighted by molar-refractivity contribution is 5.68. The van der Waals surface area contributed by atoms with Crippen molar-refractivity contribution >= 4 is 6.09 Å². The number of piperazine rings is 1. The van der Waals surface area contributed by atoms with Gasteiger partial charge in [-0.2, -0.15) is 0 Å². The predicted octanol–water partition coefficient (Wildman–Crippen LogP) is 1.44. The molecule has 1 amide bonds. The van der Waals surface area contributed by atoms with Crippen molar-refractivity contribution in [2.45, 2.75) is 39.0 Å². The third-order valence-corrected chi connectivity index (χ3v) is 4.09. The Morgan fingerprint density at radius 1 is 1.19 bits per heavy atom. The van der Waals surface area contributed by atoms with E-state index in [0.717, 1.165) is 11.3 Å². The van der Waals surface area contributed by atoms with E-state index in [2.05, 4.69) is 4.90 Å². The molecular formula is C19H31N3O4. The molecule has 1 aromatic carbocycles. The Hall–Kier alpha value is -1.83. The fraction of sp³-hybridized carbons (Fsp3) is 0.632. The molecule has 0 saturated carbocycles. The van der Waals surface area contributed by atoms with Crippen molar-refractivity contribution in [1.82, 2.24) is 9.80 Å². The highest BCUT2D eigenvalue weighted by Gasteiger charge is 2.26. The number of β-amino-alcohol motifs (C(OH)–C–C–N with tert-alkyl or cyclic N) is 1. The molecule has 0 spiro atoms. The number of hydrogen-bond acceptors (Lipinski definition) is 6. The SMILES string of the molecule is CC(C)(C)OC(=O)N1CCN(CC(O)COc2ccc(CN)cc2)CC1. The molecule has 7 nitrogen and oxygen atoms in total. The van der Waals surface area contributed by atoms with Gasteiger partial charge in [-0.1, -0.05) is 12.1 Å². The lowest BCUT2D eigenvalue weighted by Gasteiger charge is -2.36. The van der Waals surface area contributed by atoms with E-state index < -0.39 is 11.7 Å². The van der Waals surface area contributed by atoms with Gasteiger partial charge in [-0.15, -0.1) is 0 Å². The summed E-state index contributed by atoms with van der Waals surface area (Å²) >= 11 is 0. The van der Waals surface area contributed by atoms with Crippen molar-refractivity contribution < 1.29 is 19.4 Å². The molecule has 0 bridgehead atoms. The highest BCUT2D eigenvalue weighted by Crippen LogP contribution is 2.14. The number of hydrogen-bond donors (Lipinski definition) is 2. The molecule has 3 N–H and O–H groups in total. The number of benzene rings is 1. The minimum atomic E-state index is -0.586. The first-order valence-electron chi connectivity index (χ1n) is 9.07. The molecule has 2 rings (SSSR count). The Balaban J connectivity index is 1.68. The van der Waals surface area contributed by atoms with Crippen LogP contribution in [0.15, 0.2) is 24.3 Å². The first-order chi connectivity index (χ1) is 12.3. The molecule has 0 aliphatic carbocycles. The van der Waals surface area contributed by atoms with Gasteiger partial charge in [-0.25, -0.2) is 4.79 Å². The summed E-state index contributed by atoms with van der Waals surface area (Å²) in [6.07, 6.45) is -0.862. The van der Waals surface area contributed by atoms with E-state index in [4.69, 9.17) is 15.2 Å². The van der Waals surface area contributed by atoms with Crippen LogP contribution in [-0.4, -0.2) is 72.0 Å². The van der Waals surface area contributed by atoms with E-state index in [1.54, 1.807) is 4.90 Å². The summed E-state index contributed by atoms with van der Waals surface area (Å²) in [6, 6.07) is 7.54. The largest absolute Gasteiger partial charge is 0.491 e. The molecule has 1 aromatic rings. The fourth-order valence-corrected chi connectivity index (χ4v) is 2.70. The molecule has 1 unspecified atom stereocenters. The normalized spacial score (nSPS) is 17.0. The van der Waals surface area contributed by atoms with Crippen LogP contribution in [-0.2, 0) is 11.3 Å². The van der Waals surface area contributed by atoms with Crippen LogP contribution >= 0.6 is 0 Å². The van der Waals surface area contributed by atoms with E-state index >= 15 is 0 Å². The number of ether oxygens (including phenoxy) is 2. The van der Waals surface area contributed by atoms with Crippen molar-refractivity contribution in [3.05, 3.63) is 29.8 Å². The minimum Gasteiger partial charge on any atom is -0.491 e. The van der Waals surface area contributed by atoms with Crippen LogP contribution in [0.25, 0.3) is 0 Å². The van der Waals surface area contributed by atoms with Crippen LogP contribution < -0.4 is 10.5 Å². The molecular weight excluding hydrogens is 334 g/mol. The Morgan fingerprint density at radius 3 is 2.35 bits per heavy atom. The molecule has 26 heavy (non-hydrogen) atoms. The summed E-state index contributed by atoms with van der Waals surface area (Å²) in [5.41, 5.74) is 6.13. The van der Waals surface area contributed by atoms with Crippen molar-refractivity contribution in [3.8, 4) is 5.75 Å². The number of nitrogens with zero attached hydrogens (tertiary/aromatic N) is 2. The molecule has 1 aliphatic rings. The summed E-state index contributed by atoms with van der Waals surface area (Å²) in [5, 5.41) is 10.2. The Labute approximate surface area is 155 Å². The van der Waals surface area contributed by atoms with Crippen LogP contribution in [0.5, 0.6) is 5.75 Å². The van der Waals surface area contributed by atoms with Crippen molar-refractivity contribution in [2.75, 3.05) is 39.3 Å². The monoisotopic (exact) mass is 365 g/mol. The maximum atomic E-state index is 12.1. The second-order valence-electron chi connectivity index (χ2n) is 7.58. The number of amides is 1. The Kier molecular flexibility index (Phi) is 7.25. The van der Waals surface area contributed by atoms with Crippen molar-refractivity contribution in [1.29, 1.82) is 0 Å². The zero-order chi connectivity index (χ0) is 19.2. The Bertz CT molecular complexity index is 563. The van der Waals surface area contributed by atoms with Gasteiger partial charge in [0, 0.05) is 39.3 Å². The van der Waals surface area contributed by atoms with Gasteiger partial charge in [0.05, 0.1) is 0 Å². The molecule has 1 atom stereocenters. The smallest absolute Gasteiger partial charge is 0.410 e. The molecule has 0 radical (unpaired) electrons. The predicted molar refractivity (Wildman–Crippen MR) is 100 cm³/mol. The van der Waals surface area contributed by atoms with Gasteiger partial charge in [0.15, 0.2) is 0 Å². The van der Waals surface area contributed by atoms with Gasteiger partial charge in [-0.05, 0) is 38.5 Å². The zero-order valence-corrected chi connectivity index (χ0v) is 16.0. The molecule has 1 fully saturated rings. The Morgan fingerprint density at radius 2 is 1.81 bits per heavy atom. The van der Waals surface area contributed by atoms with Crippen molar-refractivity contribution in [2.24, 2.45) is 5.73 Å². The summed E-state index contributed by atoms with van der Waals surface area (Å²) < 4.78 is 11.0. The van der Waals surface area contributed by atoms with Gasteiger partial charge in [0.1, 0.15) is 24.1 Å². The lowest BCUT2D eigenvalue weighted by molar-refractivity contribution is 0.00713. The van der Waals surface area contributed by atoms with Crippen LogP contribution in [0.1, 0.15) is 26.3 Å². The van der Waals surface area contributed by atoms with Crippen LogP contribution in [0.2, 0.25) is 0 Å². The van der Waals surface area contributed by atoms with Crippen molar-refractivity contribution in [3.63, 3.8) is 0 Å². The van der Waals surface area contributed by atoms with Gasteiger partial charge < -0.3 is 25.2 Å². The van der Waals surface area contributed by atoms with Crippen LogP contribution in [0.3, 0.4) is 0 Å². The van der Waals surface area contributed by atoms with Gasteiger partial charge in [-0.3, -0.25) is 4.90 Å². The fourth-order valence-electron chi connectivity index (χ4n) is 2.70. The summed E-state index contributed by atoms with van der Waals surface area (Å²) in [4.78, 5) is 15.9. The molecule has 1 heterocycles. The number of aliphatic hydroxyl groups is 1. The lowest BCUT2D eigenvalue weighted by Crippen LogP contribution is -2.51. The van der Waals surface area contributed by atoms with Crippen LogP contribution in [0, 0.1) is 0 Å². The summed E-state index contributed by atoms with van der Waals surface area (Å²) in [7, 11) is 0. The quantitative estimate of drug-likeness (QED) is 0.793. The summed E-state index contributed by atoms with van der Waals surface area (Å²) in [5.74, 6) is 0.719. The second kappa shape index (κ2) is 9.21. The lowest BCUT2D eigenvalue weighted by atomic mass is 10.2. The summed E-state index contributed by atoms with van der Waals surface area (Å²) in [6.45, 7) is 9.45. The maximum absolute atomic E-state index is 12.1. The first-order valence-corrected chi connectivity index (χ1v) is 9.07. The van der Waals surface area contributed by atoms with Gasteiger partial charge >= 0.3 is 6.09 Å². The number of rotatable bonds is 6. The molecule has 7 heteroatoms. The molecule has 1 saturated heterocycles. The third-order valence-electron chi connectivity index (χ3n) is 4.09. The second-order valence-corrected chi connectivity index (χ2v) is 7.58. The number of carbonyl (C=O) groups is 1. The number of nitrogens with two attached hydrogens (primary N) is 1. The average Bonchev–Trinajstić information content (AvgIpc) is 2.59. The van der Waals surface area contributed by atoms with E-state index in [0.29, 0.717) is 39.3 Å². The maximum Gasteiger partial charge on any atom is 0.410 e. The molecule has 0 aromatic heterocycles. The number of carbonyl (C=O) groups excluding carboxylic acids is 1. The van der Waals surface area contributed by atoms with Crippen LogP contribution in [0.4, 0.5) is 4.79 Å². The molecule has 1 aliphatic heterocycles. The third kappa shape index (κ3) is 6.82. The van der Waals surface area contributed by atoms with E-state index in [1.165, 1.54) is 0 Å². The standard InChI is InChI=1S/C19H31N3O4/c1-19(2,3)26-18(24)22-10-8-21(9-11-22)13-16(23)14-25-17-6-4-15(12-20)5-7-17/h4-7,16,23H,8-14,20H2,1-3H3. The van der Waals surface area contributed by atoms with E-state index in [9.17, 15) is 9.90 Å². The van der Waals surface area contributed by atoms with Gasteiger partial charge in [0.2, 0.25) is 0 Å². The van der Waals surface area contributed by atoms with E-state index in [1.807, 2.05) is 45.0 Å². The first kappa shape index (κ1) is 20.5. The molecule has 146 valence electrons. The average molecular weight is 365 g/mol. The van der Waals surface area contributed by atoms with E-state index in [-0.39, 0.29) is 12.7 Å².